The van der Waals surface area contributed by atoms with Gasteiger partial charge in [0.15, 0.2) is 16.7 Å². The van der Waals surface area contributed by atoms with Crippen molar-refractivity contribution in [2.24, 2.45) is 4.99 Å². The van der Waals surface area contributed by atoms with Crippen LogP contribution in [-0.4, -0.2) is 31.5 Å². The topological polar surface area (TPSA) is 42.8 Å². The SMILES string of the molecule is COc1cc(Br)c(CSC2=N[C@H]3CCCC[C@H]3N2)cc1OC. The molecule has 2 aliphatic rings. The van der Waals surface area contributed by atoms with Crippen LogP contribution in [0.3, 0.4) is 0 Å². The first-order chi connectivity index (χ1) is 10.7. The molecule has 0 saturated heterocycles. The lowest BCUT2D eigenvalue weighted by Crippen LogP contribution is -2.36. The number of amidine groups is 1. The van der Waals surface area contributed by atoms with Crippen molar-refractivity contribution in [1.82, 2.24) is 5.32 Å². The zero-order valence-corrected chi connectivity index (χ0v) is 15.3. The van der Waals surface area contributed by atoms with Crippen LogP contribution in [0.5, 0.6) is 11.5 Å². The Bertz CT molecular complexity index is 580. The number of hydrogen-bond donors (Lipinski definition) is 1. The quantitative estimate of drug-likeness (QED) is 0.852. The van der Waals surface area contributed by atoms with E-state index in [9.17, 15) is 0 Å². The largest absolute Gasteiger partial charge is 0.493 e. The average Bonchev–Trinajstić information content (AvgIpc) is 2.96. The number of rotatable bonds is 4. The Balaban J connectivity index is 1.66. The van der Waals surface area contributed by atoms with Crippen molar-refractivity contribution in [2.45, 2.75) is 43.5 Å². The molecule has 3 rings (SSSR count). The molecular formula is C16H21BrN2O2S. The number of aliphatic imine (C=N–C) groups is 1. The van der Waals surface area contributed by atoms with E-state index in [-0.39, 0.29) is 0 Å². The second-order valence-electron chi connectivity index (χ2n) is 5.62. The van der Waals surface area contributed by atoms with Crippen molar-refractivity contribution < 1.29 is 9.47 Å². The highest BCUT2D eigenvalue weighted by Crippen LogP contribution is 2.35. The summed E-state index contributed by atoms with van der Waals surface area (Å²) in [5.41, 5.74) is 1.18. The van der Waals surface area contributed by atoms with Gasteiger partial charge in [0.2, 0.25) is 0 Å². The summed E-state index contributed by atoms with van der Waals surface area (Å²) in [4.78, 5) is 4.83. The Hall–Kier alpha value is -0.880. The lowest BCUT2D eigenvalue weighted by atomic mass is 9.92. The fraction of sp³-hybridized carbons (Fsp3) is 0.562. The Morgan fingerprint density at radius 3 is 2.68 bits per heavy atom. The van der Waals surface area contributed by atoms with Gasteiger partial charge >= 0.3 is 0 Å². The first kappa shape index (κ1) is 16.0. The van der Waals surface area contributed by atoms with Crippen LogP contribution in [0.15, 0.2) is 21.6 Å². The molecule has 0 spiro atoms. The van der Waals surface area contributed by atoms with E-state index in [1.807, 2.05) is 12.1 Å². The molecule has 1 aliphatic carbocycles. The summed E-state index contributed by atoms with van der Waals surface area (Å²) in [6.45, 7) is 0. The van der Waals surface area contributed by atoms with Crippen LogP contribution in [-0.2, 0) is 5.75 Å². The predicted octanol–water partition coefficient (Wildman–Crippen LogP) is 3.97. The average molecular weight is 385 g/mol. The minimum Gasteiger partial charge on any atom is -0.493 e. The Morgan fingerprint density at radius 1 is 1.23 bits per heavy atom. The normalized spacial score (nSPS) is 23.5. The Kier molecular flexibility index (Phi) is 5.18. The molecule has 4 nitrogen and oxygen atoms in total. The second-order valence-corrected chi connectivity index (χ2v) is 7.44. The molecule has 6 heteroatoms. The van der Waals surface area contributed by atoms with Gasteiger partial charge in [0, 0.05) is 10.2 Å². The molecular weight excluding hydrogens is 364 g/mol. The van der Waals surface area contributed by atoms with Crippen LogP contribution in [0, 0.1) is 0 Å². The molecule has 0 bridgehead atoms. The van der Waals surface area contributed by atoms with Crippen molar-refractivity contribution in [3.63, 3.8) is 0 Å². The molecule has 1 N–H and O–H groups in total. The lowest BCUT2D eigenvalue weighted by Gasteiger charge is -2.23. The van der Waals surface area contributed by atoms with Crippen LogP contribution in [0.4, 0.5) is 0 Å². The predicted molar refractivity (Wildman–Crippen MR) is 95.2 cm³/mol. The monoisotopic (exact) mass is 384 g/mol. The third-order valence-electron chi connectivity index (χ3n) is 4.24. The van der Waals surface area contributed by atoms with Gasteiger partial charge in [0.25, 0.3) is 0 Å². The van der Waals surface area contributed by atoms with Crippen LogP contribution in [0.25, 0.3) is 0 Å². The van der Waals surface area contributed by atoms with Gasteiger partial charge in [-0.05, 0) is 30.5 Å². The van der Waals surface area contributed by atoms with E-state index in [1.54, 1.807) is 26.0 Å². The summed E-state index contributed by atoms with van der Waals surface area (Å²) in [5, 5.41) is 4.66. The van der Waals surface area contributed by atoms with Crippen molar-refractivity contribution in [2.75, 3.05) is 14.2 Å². The fourth-order valence-electron chi connectivity index (χ4n) is 3.01. The molecule has 2 atom stereocenters. The summed E-state index contributed by atoms with van der Waals surface area (Å²) in [7, 11) is 3.31. The maximum Gasteiger partial charge on any atom is 0.161 e. The number of halogens is 1. The van der Waals surface area contributed by atoms with Crippen molar-refractivity contribution in [3.8, 4) is 11.5 Å². The van der Waals surface area contributed by atoms with E-state index in [0.29, 0.717) is 12.1 Å². The summed E-state index contributed by atoms with van der Waals surface area (Å²) in [6, 6.07) is 5.03. The van der Waals surface area contributed by atoms with Crippen LogP contribution in [0.1, 0.15) is 31.2 Å². The van der Waals surface area contributed by atoms with Gasteiger partial charge in [-0.15, -0.1) is 0 Å². The maximum absolute atomic E-state index is 5.38. The van der Waals surface area contributed by atoms with E-state index in [0.717, 1.165) is 26.9 Å². The van der Waals surface area contributed by atoms with E-state index < -0.39 is 0 Å². The van der Waals surface area contributed by atoms with Crippen molar-refractivity contribution in [1.29, 1.82) is 0 Å². The van der Waals surface area contributed by atoms with Gasteiger partial charge < -0.3 is 14.8 Å². The highest BCUT2D eigenvalue weighted by atomic mass is 79.9. The first-order valence-corrected chi connectivity index (χ1v) is 9.36. The molecule has 22 heavy (non-hydrogen) atoms. The molecule has 0 aromatic heterocycles. The van der Waals surface area contributed by atoms with Gasteiger partial charge in [-0.3, -0.25) is 4.99 Å². The van der Waals surface area contributed by atoms with E-state index in [1.165, 1.54) is 31.2 Å². The van der Waals surface area contributed by atoms with Gasteiger partial charge in [-0.25, -0.2) is 0 Å². The highest BCUT2D eigenvalue weighted by Gasteiger charge is 2.30. The smallest absolute Gasteiger partial charge is 0.161 e. The second kappa shape index (κ2) is 7.13. The molecule has 1 heterocycles. The summed E-state index contributed by atoms with van der Waals surface area (Å²) >= 11 is 5.38. The molecule has 1 aromatic rings. The number of nitrogens with zero attached hydrogens (tertiary/aromatic N) is 1. The van der Waals surface area contributed by atoms with Gasteiger partial charge in [0.1, 0.15) is 0 Å². The van der Waals surface area contributed by atoms with E-state index >= 15 is 0 Å². The molecule has 0 radical (unpaired) electrons. The lowest BCUT2D eigenvalue weighted by molar-refractivity contribution is 0.354. The van der Waals surface area contributed by atoms with Crippen LogP contribution in [0.2, 0.25) is 0 Å². The number of ether oxygens (including phenoxy) is 2. The summed E-state index contributed by atoms with van der Waals surface area (Å²) in [5.74, 6) is 2.36. The van der Waals surface area contributed by atoms with E-state index in [2.05, 4.69) is 21.2 Å². The molecule has 120 valence electrons. The highest BCUT2D eigenvalue weighted by molar-refractivity contribution is 9.10. The first-order valence-electron chi connectivity index (χ1n) is 7.59. The third-order valence-corrected chi connectivity index (χ3v) is 5.93. The fourth-order valence-corrected chi connectivity index (χ4v) is 4.64. The number of fused-ring (bicyclic) bond motifs is 1. The molecule has 1 aromatic carbocycles. The van der Waals surface area contributed by atoms with Crippen LogP contribution < -0.4 is 14.8 Å². The number of benzene rings is 1. The molecule has 1 saturated carbocycles. The number of hydrogen-bond acceptors (Lipinski definition) is 5. The van der Waals surface area contributed by atoms with Crippen molar-refractivity contribution >= 4 is 32.9 Å². The van der Waals surface area contributed by atoms with Crippen molar-refractivity contribution in [3.05, 3.63) is 22.2 Å². The minimum atomic E-state index is 0.491. The zero-order valence-electron chi connectivity index (χ0n) is 12.9. The number of nitrogens with one attached hydrogen (secondary N) is 1. The summed E-state index contributed by atoms with van der Waals surface area (Å²) < 4.78 is 11.7. The number of thioether (sulfide) groups is 1. The maximum atomic E-state index is 5.38. The Labute approximate surface area is 144 Å². The van der Waals surface area contributed by atoms with Gasteiger partial charge in [-0.1, -0.05) is 40.5 Å². The number of methoxy groups -OCH3 is 2. The standard InChI is InChI=1S/C16H21BrN2O2S/c1-20-14-7-10(11(17)8-15(14)21-2)9-22-16-18-12-5-3-4-6-13(12)19-16/h7-8,12-13H,3-6,9H2,1-2H3,(H,18,19)/t12-,13+. The molecule has 0 unspecified atom stereocenters. The van der Waals surface area contributed by atoms with Gasteiger partial charge in [-0.2, -0.15) is 0 Å². The third kappa shape index (κ3) is 3.38. The minimum absolute atomic E-state index is 0.491. The summed E-state index contributed by atoms with van der Waals surface area (Å²) in [6.07, 6.45) is 5.11. The van der Waals surface area contributed by atoms with Gasteiger partial charge in [0.05, 0.1) is 26.3 Å². The zero-order chi connectivity index (χ0) is 15.5. The van der Waals surface area contributed by atoms with E-state index in [4.69, 9.17) is 14.5 Å². The van der Waals surface area contributed by atoms with Crippen LogP contribution >= 0.6 is 27.7 Å². The Morgan fingerprint density at radius 2 is 1.95 bits per heavy atom. The molecule has 1 aliphatic heterocycles. The molecule has 1 fully saturated rings. The molecule has 0 amide bonds.